The highest BCUT2D eigenvalue weighted by Crippen LogP contribution is 2.30. The second kappa shape index (κ2) is 5.12. The first-order valence-corrected chi connectivity index (χ1v) is 6.74. The van der Waals surface area contributed by atoms with E-state index in [9.17, 15) is 9.18 Å². The highest BCUT2D eigenvalue weighted by molar-refractivity contribution is 5.95. The predicted molar refractivity (Wildman–Crippen MR) is 73.1 cm³/mol. The maximum atomic E-state index is 13.8. The number of halogens is 1. The molecule has 3 rings (SSSR count). The van der Waals surface area contributed by atoms with E-state index in [0.717, 1.165) is 6.42 Å². The first-order valence-electron chi connectivity index (χ1n) is 6.74. The Labute approximate surface area is 117 Å². The minimum absolute atomic E-state index is 0.0323. The lowest BCUT2D eigenvalue weighted by atomic mass is 9.98. The van der Waals surface area contributed by atoms with Crippen LogP contribution in [0.1, 0.15) is 34.0 Å². The Bertz CT molecular complexity index is 635. The molecule has 1 aliphatic rings. The SMILES string of the molecule is Cc1occc1C(=O)N1CCC(c2ccccc2F)C1. The third-order valence-corrected chi connectivity index (χ3v) is 3.91. The van der Waals surface area contributed by atoms with Gasteiger partial charge in [-0.05, 0) is 31.0 Å². The lowest BCUT2D eigenvalue weighted by molar-refractivity contribution is 0.0789. The average molecular weight is 273 g/mol. The molecule has 0 saturated carbocycles. The summed E-state index contributed by atoms with van der Waals surface area (Å²) < 4.78 is 19.0. The van der Waals surface area contributed by atoms with E-state index in [4.69, 9.17) is 4.42 Å². The van der Waals surface area contributed by atoms with Crippen molar-refractivity contribution in [2.45, 2.75) is 19.3 Å². The van der Waals surface area contributed by atoms with Crippen LogP contribution in [0, 0.1) is 12.7 Å². The summed E-state index contributed by atoms with van der Waals surface area (Å²) in [5.41, 5.74) is 1.30. The van der Waals surface area contributed by atoms with Gasteiger partial charge in [0.25, 0.3) is 5.91 Å². The van der Waals surface area contributed by atoms with Gasteiger partial charge in [0.15, 0.2) is 0 Å². The maximum absolute atomic E-state index is 13.8. The molecule has 104 valence electrons. The van der Waals surface area contributed by atoms with Gasteiger partial charge in [0.1, 0.15) is 11.6 Å². The normalized spacial score (nSPS) is 18.5. The number of benzene rings is 1. The van der Waals surface area contributed by atoms with Gasteiger partial charge in [-0.15, -0.1) is 0 Å². The van der Waals surface area contributed by atoms with E-state index in [0.29, 0.717) is 30.0 Å². The van der Waals surface area contributed by atoms with Gasteiger partial charge in [0.05, 0.1) is 11.8 Å². The molecule has 2 heterocycles. The average Bonchev–Trinajstić information content (AvgIpc) is 3.07. The molecule has 1 aliphatic heterocycles. The van der Waals surface area contributed by atoms with Crippen LogP contribution in [-0.2, 0) is 0 Å². The number of nitrogens with zero attached hydrogens (tertiary/aromatic N) is 1. The summed E-state index contributed by atoms with van der Waals surface area (Å²) in [7, 11) is 0. The smallest absolute Gasteiger partial charge is 0.257 e. The van der Waals surface area contributed by atoms with Gasteiger partial charge in [-0.25, -0.2) is 4.39 Å². The number of amides is 1. The zero-order valence-corrected chi connectivity index (χ0v) is 11.3. The Hall–Kier alpha value is -2.10. The van der Waals surface area contributed by atoms with Gasteiger partial charge < -0.3 is 9.32 Å². The van der Waals surface area contributed by atoms with Gasteiger partial charge in [0, 0.05) is 19.0 Å². The topological polar surface area (TPSA) is 33.5 Å². The molecule has 3 nitrogen and oxygen atoms in total. The van der Waals surface area contributed by atoms with Crippen LogP contribution in [-0.4, -0.2) is 23.9 Å². The number of carbonyl (C=O) groups is 1. The summed E-state index contributed by atoms with van der Waals surface area (Å²) in [6.07, 6.45) is 2.32. The first kappa shape index (κ1) is 12.9. The molecular formula is C16H16FNO2. The quantitative estimate of drug-likeness (QED) is 0.840. The van der Waals surface area contributed by atoms with Crippen molar-refractivity contribution in [2.24, 2.45) is 0 Å². The summed E-state index contributed by atoms with van der Waals surface area (Å²) in [6, 6.07) is 8.49. The first-order chi connectivity index (χ1) is 9.66. The minimum Gasteiger partial charge on any atom is -0.469 e. The lowest BCUT2D eigenvalue weighted by Gasteiger charge is -2.16. The van der Waals surface area contributed by atoms with Crippen LogP contribution in [0.25, 0.3) is 0 Å². The third kappa shape index (κ3) is 2.22. The Balaban J connectivity index is 1.76. The van der Waals surface area contributed by atoms with Crippen molar-refractivity contribution < 1.29 is 13.6 Å². The number of carbonyl (C=O) groups excluding carboxylic acids is 1. The molecule has 1 amide bonds. The highest BCUT2D eigenvalue weighted by atomic mass is 19.1. The van der Waals surface area contributed by atoms with Crippen LogP contribution in [0.4, 0.5) is 4.39 Å². The largest absolute Gasteiger partial charge is 0.469 e. The van der Waals surface area contributed by atoms with Crippen LogP contribution in [0.2, 0.25) is 0 Å². The van der Waals surface area contributed by atoms with E-state index >= 15 is 0 Å². The molecule has 1 atom stereocenters. The van der Waals surface area contributed by atoms with Gasteiger partial charge >= 0.3 is 0 Å². The molecule has 0 N–H and O–H groups in total. The molecule has 0 aliphatic carbocycles. The van der Waals surface area contributed by atoms with E-state index in [-0.39, 0.29) is 17.6 Å². The molecule has 4 heteroatoms. The van der Waals surface area contributed by atoms with Gasteiger partial charge in [-0.3, -0.25) is 4.79 Å². The monoisotopic (exact) mass is 273 g/mol. The van der Waals surface area contributed by atoms with E-state index in [1.165, 1.54) is 12.3 Å². The zero-order chi connectivity index (χ0) is 14.1. The summed E-state index contributed by atoms with van der Waals surface area (Å²) >= 11 is 0. The number of aryl methyl sites for hydroxylation is 1. The van der Waals surface area contributed by atoms with Gasteiger partial charge in [-0.1, -0.05) is 18.2 Å². The fourth-order valence-corrected chi connectivity index (χ4v) is 2.78. The molecule has 0 bridgehead atoms. The molecule has 1 saturated heterocycles. The fourth-order valence-electron chi connectivity index (χ4n) is 2.78. The Morgan fingerprint density at radius 3 is 2.85 bits per heavy atom. The standard InChI is InChI=1S/C16H16FNO2/c1-11-13(7-9-20-11)16(19)18-8-6-12(10-18)14-4-2-3-5-15(14)17/h2-5,7,9,12H,6,8,10H2,1H3. The number of rotatable bonds is 2. The van der Waals surface area contributed by atoms with E-state index in [1.54, 1.807) is 30.0 Å². The second-order valence-corrected chi connectivity index (χ2v) is 5.15. The summed E-state index contributed by atoms with van der Waals surface area (Å²) in [4.78, 5) is 14.1. The van der Waals surface area contributed by atoms with Crippen LogP contribution in [0.3, 0.4) is 0 Å². The molecule has 1 fully saturated rings. The van der Waals surface area contributed by atoms with Crippen molar-refractivity contribution >= 4 is 5.91 Å². The highest BCUT2D eigenvalue weighted by Gasteiger charge is 2.30. The van der Waals surface area contributed by atoms with E-state index < -0.39 is 0 Å². The molecule has 2 aromatic rings. The minimum atomic E-state index is -0.189. The molecule has 1 aromatic heterocycles. The summed E-state index contributed by atoms with van der Waals surface area (Å²) in [5, 5.41) is 0. The third-order valence-electron chi connectivity index (χ3n) is 3.91. The van der Waals surface area contributed by atoms with Crippen molar-refractivity contribution in [3.63, 3.8) is 0 Å². The zero-order valence-electron chi connectivity index (χ0n) is 11.3. The maximum Gasteiger partial charge on any atom is 0.257 e. The number of hydrogen-bond donors (Lipinski definition) is 0. The van der Waals surface area contributed by atoms with E-state index in [2.05, 4.69) is 0 Å². The summed E-state index contributed by atoms with van der Waals surface area (Å²) in [5.74, 6) is 0.484. The second-order valence-electron chi connectivity index (χ2n) is 5.15. The van der Waals surface area contributed by atoms with Crippen molar-refractivity contribution in [2.75, 3.05) is 13.1 Å². The molecule has 1 aromatic carbocycles. The van der Waals surface area contributed by atoms with Crippen LogP contribution in [0.15, 0.2) is 41.0 Å². The van der Waals surface area contributed by atoms with Crippen LogP contribution >= 0.6 is 0 Å². The van der Waals surface area contributed by atoms with Gasteiger partial charge in [-0.2, -0.15) is 0 Å². The van der Waals surface area contributed by atoms with Gasteiger partial charge in [0.2, 0.25) is 0 Å². The molecular weight excluding hydrogens is 257 g/mol. The molecule has 20 heavy (non-hydrogen) atoms. The molecule has 1 unspecified atom stereocenters. The van der Waals surface area contributed by atoms with Crippen LogP contribution in [0.5, 0.6) is 0 Å². The lowest BCUT2D eigenvalue weighted by Crippen LogP contribution is -2.28. The van der Waals surface area contributed by atoms with E-state index in [1.807, 2.05) is 6.07 Å². The molecule has 0 radical (unpaired) electrons. The van der Waals surface area contributed by atoms with Crippen molar-refractivity contribution in [3.05, 3.63) is 59.3 Å². The Morgan fingerprint density at radius 2 is 2.15 bits per heavy atom. The summed E-state index contributed by atoms with van der Waals surface area (Å²) in [6.45, 7) is 2.99. The Kier molecular flexibility index (Phi) is 3.30. The predicted octanol–water partition coefficient (Wildman–Crippen LogP) is 3.36. The number of furan rings is 1. The van der Waals surface area contributed by atoms with Crippen LogP contribution < -0.4 is 0 Å². The Morgan fingerprint density at radius 1 is 1.35 bits per heavy atom. The van der Waals surface area contributed by atoms with Crippen molar-refractivity contribution in [1.29, 1.82) is 0 Å². The fraction of sp³-hybridized carbons (Fsp3) is 0.312. The molecule has 0 spiro atoms. The van der Waals surface area contributed by atoms with Crippen molar-refractivity contribution in [1.82, 2.24) is 4.90 Å². The number of likely N-dealkylation sites (tertiary alicyclic amines) is 1. The van der Waals surface area contributed by atoms with Crippen molar-refractivity contribution in [3.8, 4) is 0 Å². The number of hydrogen-bond acceptors (Lipinski definition) is 2.